The Hall–Kier alpha value is -0.960. The molecule has 0 bridgehead atoms. The molecule has 0 amide bonds. The van der Waals surface area contributed by atoms with Gasteiger partial charge in [0.15, 0.2) is 9.84 Å². The van der Waals surface area contributed by atoms with E-state index in [-0.39, 0.29) is 15.8 Å². The Balaban J connectivity index is 2.02. The fraction of sp³-hybridized carbons (Fsp3) is 0.600. The summed E-state index contributed by atoms with van der Waals surface area (Å²) < 4.78 is 50.4. The lowest BCUT2D eigenvalue weighted by molar-refractivity contribution is 0.208. The van der Waals surface area contributed by atoms with Crippen LogP contribution in [0.15, 0.2) is 34.1 Å². The maximum atomic E-state index is 12.4. The van der Waals surface area contributed by atoms with Crippen LogP contribution in [0.1, 0.15) is 26.2 Å². The molecule has 0 unspecified atom stereocenters. The number of nitrogens with one attached hydrogen (secondary N) is 1. The van der Waals surface area contributed by atoms with Crippen molar-refractivity contribution in [2.75, 3.05) is 25.9 Å². The lowest BCUT2D eigenvalue weighted by Crippen LogP contribution is -2.44. The van der Waals surface area contributed by atoms with Crippen molar-refractivity contribution in [1.29, 1.82) is 0 Å². The van der Waals surface area contributed by atoms with Crippen molar-refractivity contribution in [3.63, 3.8) is 0 Å². The Morgan fingerprint density at radius 2 is 1.57 bits per heavy atom. The first-order valence-corrected chi connectivity index (χ1v) is 11.1. The predicted octanol–water partition coefficient (Wildman–Crippen LogP) is 1.24. The van der Waals surface area contributed by atoms with Gasteiger partial charge in [0.1, 0.15) is 0 Å². The van der Waals surface area contributed by atoms with Crippen LogP contribution in [0.3, 0.4) is 0 Å². The summed E-state index contributed by atoms with van der Waals surface area (Å²) in [7, 11) is -6.94. The number of hydrogen-bond acceptors (Lipinski definition) is 5. The minimum Gasteiger partial charge on any atom is -0.303 e. The molecular weight excluding hydrogens is 336 g/mol. The number of sulfonamides is 1. The van der Waals surface area contributed by atoms with Gasteiger partial charge in [-0.2, -0.15) is 0 Å². The summed E-state index contributed by atoms with van der Waals surface area (Å²) in [5, 5.41) is 0. The van der Waals surface area contributed by atoms with Gasteiger partial charge in [0.05, 0.1) is 9.79 Å². The summed E-state index contributed by atoms with van der Waals surface area (Å²) in [5.41, 5.74) is 0. The molecule has 1 heterocycles. The summed E-state index contributed by atoms with van der Waals surface area (Å²) in [5.74, 6) is 0. The third-order valence-corrected chi connectivity index (χ3v) is 6.68. The minimum absolute atomic E-state index is 0.0670. The topological polar surface area (TPSA) is 83.6 Å². The number of hydrogen-bond donors (Lipinski definition) is 1. The van der Waals surface area contributed by atoms with Gasteiger partial charge in [-0.15, -0.1) is 0 Å². The highest BCUT2D eigenvalue weighted by Crippen LogP contribution is 2.17. The van der Waals surface area contributed by atoms with Crippen molar-refractivity contribution in [3.05, 3.63) is 24.3 Å². The van der Waals surface area contributed by atoms with E-state index in [0.29, 0.717) is 0 Å². The quantitative estimate of drug-likeness (QED) is 0.825. The van der Waals surface area contributed by atoms with Gasteiger partial charge in [-0.1, -0.05) is 6.92 Å². The van der Waals surface area contributed by atoms with Crippen molar-refractivity contribution in [2.24, 2.45) is 0 Å². The van der Waals surface area contributed by atoms with Crippen molar-refractivity contribution in [2.45, 2.75) is 42.0 Å². The number of sulfone groups is 1. The van der Waals surface area contributed by atoms with Gasteiger partial charge >= 0.3 is 0 Å². The average Bonchev–Trinajstić information content (AvgIpc) is 2.48. The van der Waals surface area contributed by atoms with E-state index in [0.717, 1.165) is 45.2 Å². The van der Waals surface area contributed by atoms with Gasteiger partial charge in [0.25, 0.3) is 0 Å². The lowest BCUT2D eigenvalue weighted by Gasteiger charge is -2.31. The molecule has 1 aliphatic rings. The van der Waals surface area contributed by atoms with Crippen LogP contribution in [0.2, 0.25) is 0 Å². The van der Waals surface area contributed by atoms with E-state index in [2.05, 4.69) is 16.5 Å². The van der Waals surface area contributed by atoms with E-state index in [9.17, 15) is 16.8 Å². The fourth-order valence-electron chi connectivity index (χ4n) is 2.74. The normalized spacial score (nSPS) is 18.2. The molecule has 1 aromatic carbocycles. The lowest BCUT2D eigenvalue weighted by atomic mass is 10.1. The third kappa shape index (κ3) is 5.00. The van der Waals surface area contributed by atoms with Gasteiger partial charge in [-0.05, 0) is 63.2 Å². The van der Waals surface area contributed by atoms with Gasteiger partial charge < -0.3 is 4.90 Å². The third-order valence-electron chi connectivity index (χ3n) is 4.01. The molecule has 6 nitrogen and oxygen atoms in total. The van der Waals surface area contributed by atoms with Gasteiger partial charge in [-0.3, -0.25) is 0 Å². The first-order chi connectivity index (χ1) is 10.7. The van der Waals surface area contributed by atoms with Crippen LogP contribution in [0.4, 0.5) is 0 Å². The van der Waals surface area contributed by atoms with E-state index in [4.69, 9.17) is 0 Å². The summed E-state index contributed by atoms with van der Waals surface area (Å²) in [4.78, 5) is 2.55. The first-order valence-electron chi connectivity index (χ1n) is 7.77. The molecule has 1 aromatic rings. The number of benzene rings is 1. The van der Waals surface area contributed by atoms with E-state index in [1.165, 1.54) is 24.3 Å². The molecular formula is C15H24N2O4S2. The van der Waals surface area contributed by atoms with Crippen LogP contribution in [-0.2, 0) is 19.9 Å². The molecule has 0 aromatic heterocycles. The average molecular weight is 361 g/mol. The Morgan fingerprint density at radius 3 is 2.04 bits per heavy atom. The van der Waals surface area contributed by atoms with Crippen LogP contribution < -0.4 is 4.72 Å². The highest BCUT2D eigenvalue weighted by Gasteiger charge is 2.24. The van der Waals surface area contributed by atoms with E-state index < -0.39 is 19.9 Å². The molecule has 0 aliphatic carbocycles. The maximum Gasteiger partial charge on any atom is 0.240 e. The maximum absolute atomic E-state index is 12.4. The molecule has 1 saturated heterocycles. The largest absolute Gasteiger partial charge is 0.303 e. The predicted molar refractivity (Wildman–Crippen MR) is 89.6 cm³/mol. The van der Waals surface area contributed by atoms with E-state index in [1.54, 1.807) is 0 Å². The molecule has 0 spiro atoms. The zero-order valence-electron chi connectivity index (χ0n) is 13.5. The van der Waals surface area contributed by atoms with E-state index in [1.807, 2.05) is 0 Å². The van der Waals surface area contributed by atoms with Crippen LogP contribution in [0.5, 0.6) is 0 Å². The number of nitrogens with zero attached hydrogens (tertiary/aromatic N) is 1. The summed E-state index contributed by atoms with van der Waals surface area (Å²) >= 11 is 0. The van der Waals surface area contributed by atoms with Crippen molar-refractivity contribution < 1.29 is 16.8 Å². The van der Waals surface area contributed by atoms with Crippen LogP contribution >= 0.6 is 0 Å². The zero-order valence-corrected chi connectivity index (χ0v) is 15.2. The molecule has 1 aliphatic heterocycles. The van der Waals surface area contributed by atoms with Gasteiger partial charge in [0, 0.05) is 12.3 Å². The molecule has 8 heteroatoms. The van der Waals surface area contributed by atoms with Crippen LogP contribution in [0, 0.1) is 0 Å². The van der Waals surface area contributed by atoms with Crippen molar-refractivity contribution in [3.8, 4) is 0 Å². The van der Waals surface area contributed by atoms with Crippen molar-refractivity contribution >= 4 is 19.9 Å². The smallest absolute Gasteiger partial charge is 0.240 e. The molecule has 23 heavy (non-hydrogen) atoms. The minimum atomic E-state index is -3.62. The number of likely N-dealkylation sites (tertiary alicyclic amines) is 1. The number of piperidine rings is 1. The zero-order chi connectivity index (χ0) is 17.1. The summed E-state index contributed by atoms with van der Waals surface area (Å²) in [6.07, 6.45) is 3.78. The molecule has 0 saturated carbocycles. The van der Waals surface area contributed by atoms with E-state index >= 15 is 0 Å². The summed E-state index contributed by atoms with van der Waals surface area (Å²) in [6, 6.07) is 5.26. The number of rotatable bonds is 6. The standard InChI is InChI=1S/C15H24N2O4S2/c1-3-10-17-11-8-13(9-12-17)16-23(20,21)15-6-4-14(5-7-15)22(2,18)19/h4-7,13,16H,3,8-12H2,1-2H3. The van der Waals surface area contributed by atoms with Gasteiger partial charge in [0.2, 0.25) is 10.0 Å². The van der Waals surface area contributed by atoms with Crippen LogP contribution in [-0.4, -0.2) is 53.7 Å². The van der Waals surface area contributed by atoms with Crippen molar-refractivity contribution in [1.82, 2.24) is 9.62 Å². The molecule has 2 rings (SSSR count). The Labute approximate surface area is 138 Å². The Morgan fingerprint density at radius 1 is 1.04 bits per heavy atom. The van der Waals surface area contributed by atoms with Gasteiger partial charge in [-0.25, -0.2) is 21.6 Å². The summed E-state index contributed by atoms with van der Waals surface area (Å²) in [6.45, 7) is 4.98. The monoisotopic (exact) mass is 360 g/mol. The molecule has 0 radical (unpaired) electrons. The highest BCUT2D eigenvalue weighted by atomic mass is 32.2. The highest BCUT2D eigenvalue weighted by molar-refractivity contribution is 7.90. The molecule has 1 N–H and O–H groups in total. The second-order valence-electron chi connectivity index (χ2n) is 5.98. The molecule has 0 atom stereocenters. The SMILES string of the molecule is CCCN1CCC(NS(=O)(=O)c2ccc(S(C)(=O)=O)cc2)CC1. The molecule has 1 fully saturated rings. The molecule has 130 valence electrons. The second kappa shape index (κ2) is 7.29. The second-order valence-corrected chi connectivity index (χ2v) is 9.71. The van der Waals surface area contributed by atoms with Crippen LogP contribution in [0.25, 0.3) is 0 Å². The Bertz CT molecular complexity index is 719. The first kappa shape index (κ1) is 18.4. The fourth-order valence-corrected chi connectivity index (χ4v) is 4.68. The Kier molecular flexibility index (Phi) is 5.83.